The number of rotatable bonds is 8. The predicted octanol–water partition coefficient (Wildman–Crippen LogP) is 3.80. The molecule has 5 nitrogen and oxygen atoms in total. The van der Waals surface area contributed by atoms with Gasteiger partial charge in [-0.25, -0.2) is 0 Å². The van der Waals surface area contributed by atoms with E-state index in [2.05, 4.69) is 17.7 Å². The molecule has 2 rings (SSSR count). The lowest BCUT2D eigenvalue weighted by atomic mass is 10.2. The molecule has 1 saturated heterocycles. The van der Waals surface area contributed by atoms with Crippen LogP contribution in [-0.4, -0.2) is 37.4 Å². The van der Waals surface area contributed by atoms with Crippen LogP contribution in [0.5, 0.6) is 0 Å². The average Bonchev–Trinajstić information content (AvgIpc) is 3.02. The van der Waals surface area contributed by atoms with Gasteiger partial charge in [-0.15, -0.1) is 0 Å². The number of nitrogens with zero attached hydrogens (tertiary/aromatic N) is 2. The molecule has 0 atom stereocenters. The molecule has 0 spiro atoms. The molecule has 0 amide bonds. The minimum Gasteiger partial charge on any atom is -0.377 e. The summed E-state index contributed by atoms with van der Waals surface area (Å²) in [4.78, 5) is 10.6. The van der Waals surface area contributed by atoms with E-state index in [1.54, 1.807) is 12.1 Å². The van der Waals surface area contributed by atoms with Gasteiger partial charge in [0.25, 0.3) is 5.69 Å². The smallest absolute Gasteiger partial charge is 0.274 e. The maximum atomic E-state index is 10.9. The normalized spacial score (nSPS) is 16.1. The Morgan fingerprint density at radius 3 is 2.64 bits per heavy atom. The second-order valence-electron chi connectivity index (χ2n) is 6.55. The fourth-order valence-electron chi connectivity index (χ4n) is 3.08. The molecule has 0 saturated carbocycles. The van der Waals surface area contributed by atoms with Gasteiger partial charge < -0.3 is 9.30 Å². The first kappa shape index (κ1) is 17.1. The minimum atomic E-state index is -1.28. The molecular weight excluding hydrogens is 296 g/mol. The lowest BCUT2D eigenvalue weighted by Gasteiger charge is -2.33. The molecule has 22 heavy (non-hydrogen) atoms. The quantitative estimate of drug-likeness (QED) is 0.316. The first-order valence-corrected chi connectivity index (χ1v) is 11.2. The third-order valence-electron chi connectivity index (χ3n) is 4.49. The molecule has 0 bridgehead atoms. The van der Waals surface area contributed by atoms with Crippen molar-refractivity contribution in [3.63, 3.8) is 0 Å². The zero-order valence-electron chi connectivity index (χ0n) is 13.6. The van der Waals surface area contributed by atoms with Crippen LogP contribution in [0.1, 0.15) is 24.8 Å². The summed E-state index contributed by atoms with van der Waals surface area (Å²) in [6.45, 7) is 8.38. The summed E-state index contributed by atoms with van der Waals surface area (Å²) in [5.41, 5.74) is 0.804. The van der Waals surface area contributed by atoms with Crippen LogP contribution in [0.25, 0.3) is 0 Å². The number of nitro groups is 1. The highest BCUT2D eigenvalue weighted by atomic mass is 28.3. The number of benzene rings is 1. The van der Waals surface area contributed by atoms with Crippen LogP contribution in [0.2, 0.25) is 19.1 Å². The van der Waals surface area contributed by atoms with Gasteiger partial charge in [-0.3, -0.25) is 10.1 Å². The Bertz CT molecular complexity index is 502. The van der Waals surface area contributed by atoms with Crippen LogP contribution in [-0.2, 0) is 11.3 Å². The Labute approximate surface area is 133 Å². The van der Waals surface area contributed by atoms with Gasteiger partial charge in [0, 0.05) is 12.7 Å². The summed E-state index contributed by atoms with van der Waals surface area (Å²) in [6, 6.07) is 8.02. The second-order valence-corrected chi connectivity index (χ2v) is 11.3. The maximum Gasteiger partial charge on any atom is 0.274 e. The minimum absolute atomic E-state index is 0.147. The van der Waals surface area contributed by atoms with Crippen LogP contribution in [0.3, 0.4) is 0 Å². The first-order valence-electron chi connectivity index (χ1n) is 8.06. The number of para-hydroxylation sites is 1. The molecule has 0 aliphatic carbocycles. The van der Waals surface area contributed by atoms with Crippen molar-refractivity contribution >= 4 is 13.9 Å². The number of hydrogen-bond donors (Lipinski definition) is 0. The average molecular weight is 322 g/mol. The van der Waals surface area contributed by atoms with Crippen molar-refractivity contribution in [2.24, 2.45) is 0 Å². The van der Waals surface area contributed by atoms with Gasteiger partial charge in [0.15, 0.2) is 0 Å². The summed E-state index contributed by atoms with van der Waals surface area (Å²) < 4.78 is 8.36. The Balaban J connectivity index is 1.72. The molecule has 6 heteroatoms. The predicted molar refractivity (Wildman–Crippen MR) is 90.5 cm³/mol. The van der Waals surface area contributed by atoms with Gasteiger partial charge in [-0.2, -0.15) is 0 Å². The second kappa shape index (κ2) is 7.85. The Hall–Kier alpha value is -1.24. The standard InChI is InChI=1S/C16H26N2O3Si/c1-22(2,17-10-5-6-11-17)13-7-12-21-14-15-8-3-4-9-16(15)18(19)20/h3-4,8-9H,5-7,10-14H2,1-2H3. The topological polar surface area (TPSA) is 55.6 Å². The highest BCUT2D eigenvalue weighted by molar-refractivity contribution is 6.74. The summed E-state index contributed by atoms with van der Waals surface area (Å²) in [5.74, 6) is 0. The molecule has 0 N–H and O–H groups in total. The van der Waals surface area contributed by atoms with E-state index in [0.29, 0.717) is 18.8 Å². The third-order valence-corrected chi connectivity index (χ3v) is 8.22. The van der Waals surface area contributed by atoms with Gasteiger partial charge in [0.1, 0.15) is 8.24 Å². The van der Waals surface area contributed by atoms with Crippen LogP contribution in [0.4, 0.5) is 5.69 Å². The van der Waals surface area contributed by atoms with E-state index in [1.807, 2.05) is 6.07 Å². The van der Waals surface area contributed by atoms with Gasteiger partial charge in [0.2, 0.25) is 0 Å². The lowest BCUT2D eigenvalue weighted by molar-refractivity contribution is -0.385. The van der Waals surface area contributed by atoms with Crippen molar-refractivity contribution in [2.75, 3.05) is 19.7 Å². The van der Waals surface area contributed by atoms with E-state index in [-0.39, 0.29) is 10.6 Å². The highest BCUT2D eigenvalue weighted by Gasteiger charge is 2.30. The summed E-state index contributed by atoms with van der Waals surface area (Å²) in [7, 11) is -1.28. The van der Waals surface area contributed by atoms with E-state index in [0.717, 1.165) is 6.42 Å². The molecular formula is C16H26N2O3Si. The van der Waals surface area contributed by atoms with Crippen LogP contribution in [0.15, 0.2) is 24.3 Å². The zero-order chi connectivity index (χ0) is 16.0. The van der Waals surface area contributed by atoms with Crippen molar-refractivity contribution in [3.05, 3.63) is 39.9 Å². The lowest BCUT2D eigenvalue weighted by Crippen LogP contribution is -2.46. The van der Waals surface area contributed by atoms with E-state index in [9.17, 15) is 10.1 Å². The van der Waals surface area contributed by atoms with E-state index in [4.69, 9.17) is 4.74 Å². The third kappa shape index (κ3) is 4.63. The van der Waals surface area contributed by atoms with Crippen molar-refractivity contribution in [3.8, 4) is 0 Å². The van der Waals surface area contributed by atoms with Crippen LogP contribution in [0, 0.1) is 10.1 Å². The Morgan fingerprint density at radius 2 is 1.95 bits per heavy atom. The molecule has 1 fully saturated rings. The molecule has 0 aromatic heterocycles. The maximum absolute atomic E-state index is 10.9. The molecule has 0 unspecified atom stereocenters. The fourth-order valence-corrected chi connectivity index (χ4v) is 5.93. The van der Waals surface area contributed by atoms with Crippen LogP contribution < -0.4 is 0 Å². The number of ether oxygens (including phenoxy) is 1. The van der Waals surface area contributed by atoms with E-state index < -0.39 is 8.24 Å². The molecule has 122 valence electrons. The fraction of sp³-hybridized carbons (Fsp3) is 0.625. The first-order chi connectivity index (χ1) is 10.5. The van der Waals surface area contributed by atoms with Gasteiger partial charge in [-0.1, -0.05) is 25.2 Å². The molecule has 1 aromatic rings. The summed E-state index contributed by atoms with van der Waals surface area (Å²) >= 11 is 0. The number of hydrogen-bond acceptors (Lipinski definition) is 4. The molecule has 1 heterocycles. The molecule has 1 aromatic carbocycles. The van der Waals surface area contributed by atoms with Crippen molar-refractivity contribution in [1.29, 1.82) is 0 Å². The SMILES string of the molecule is C[Si](C)(CCCOCc1ccccc1[N+](=O)[O-])N1CCCC1. The molecule has 1 aliphatic heterocycles. The Kier molecular flexibility index (Phi) is 6.11. The van der Waals surface area contributed by atoms with Gasteiger partial charge in [-0.05, 0) is 44.5 Å². The van der Waals surface area contributed by atoms with Crippen molar-refractivity contribution in [1.82, 2.24) is 4.57 Å². The number of nitro benzene ring substituents is 1. The largest absolute Gasteiger partial charge is 0.377 e. The molecule has 0 radical (unpaired) electrons. The van der Waals surface area contributed by atoms with Crippen molar-refractivity contribution < 1.29 is 9.66 Å². The van der Waals surface area contributed by atoms with Crippen molar-refractivity contribution in [2.45, 2.75) is 45.0 Å². The monoisotopic (exact) mass is 322 g/mol. The van der Waals surface area contributed by atoms with E-state index >= 15 is 0 Å². The Morgan fingerprint density at radius 1 is 1.27 bits per heavy atom. The van der Waals surface area contributed by atoms with Gasteiger partial charge >= 0.3 is 0 Å². The summed E-state index contributed by atoms with van der Waals surface area (Å²) in [6.07, 6.45) is 3.71. The summed E-state index contributed by atoms with van der Waals surface area (Å²) in [5, 5.41) is 10.9. The highest BCUT2D eigenvalue weighted by Crippen LogP contribution is 2.23. The molecule has 1 aliphatic rings. The van der Waals surface area contributed by atoms with E-state index in [1.165, 1.54) is 38.0 Å². The zero-order valence-corrected chi connectivity index (χ0v) is 14.6. The van der Waals surface area contributed by atoms with Gasteiger partial charge in [0.05, 0.1) is 17.1 Å². The van der Waals surface area contributed by atoms with Crippen LogP contribution >= 0.6 is 0 Å².